The van der Waals surface area contributed by atoms with Crippen LogP contribution in [0.25, 0.3) is 0 Å². The molecule has 1 atom stereocenters. The summed E-state index contributed by atoms with van der Waals surface area (Å²) < 4.78 is 5.23. The first-order chi connectivity index (χ1) is 8.09. The molecule has 0 aliphatic heterocycles. The normalized spacial score (nSPS) is 14.3. The molecule has 0 fully saturated rings. The van der Waals surface area contributed by atoms with Crippen LogP contribution in [0.15, 0.2) is 0 Å². The molecule has 0 aromatic rings. The highest BCUT2D eigenvalue weighted by Gasteiger charge is 2.29. The Morgan fingerprint density at radius 2 is 1.82 bits per heavy atom. The van der Waals surface area contributed by atoms with Crippen LogP contribution < -0.4 is 0 Å². The molecule has 0 rings (SSSR count). The number of hydrogen-bond acceptors (Lipinski definition) is 2. The summed E-state index contributed by atoms with van der Waals surface area (Å²) in [6.07, 6.45) is 3.67. The molecule has 17 heavy (non-hydrogen) atoms. The molecule has 0 spiro atoms. The second kappa shape index (κ2) is 9.35. The van der Waals surface area contributed by atoms with E-state index in [1.807, 2.05) is 0 Å². The van der Waals surface area contributed by atoms with Crippen molar-refractivity contribution in [3.8, 4) is 0 Å². The van der Waals surface area contributed by atoms with Gasteiger partial charge in [-0.15, -0.1) is 0 Å². The van der Waals surface area contributed by atoms with E-state index < -0.39 is 0 Å². The Bertz CT molecular complexity index is 175. The van der Waals surface area contributed by atoms with Gasteiger partial charge < -0.3 is 4.74 Å². The minimum atomic E-state index is 0.414. The van der Waals surface area contributed by atoms with Gasteiger partial charge in [-0.3, -0.25) is 4.90 Å². The highest BCUT2D eigenvalue weighted by molar-refractivity contribution is 9.09. The van der Waals surface area contributed by atoms with E-state index in [4.69, 9.17) is 4.74 Å². The van der Waals surface area contributed by atoms with Gasteiger partial charge in [0, 0.05) is 31.6 Å². The Labute approximate surface area is 116 Å². The lowest BCUT2D eigenvalue weighted by Crippen LogP contribution is -2.44. The third kappa shape index (κ3) is 5.71. The molecule has 0 aliphatic carbocycles. The molecule has 2 nitrogen and oxygen atoms in total. The van der Waals surface area contributed by atoms with Crippen LogP contribution in [-0.2, 0) is 4.74 Å². The molecular weight excluding hydrogens is 278 g/mol. The van der Waals surface area contributed by atoms with Gasteiger partial charge in [0.25, 0.3) is 0 Å². The molecule has 0 aliphatic rings. The lowest BCUT2D eigenvalue weighted by molar-refractivity contribution is 0.0822. The van der Waals surface area contributed by atoms with E-state index in [2.05, 4.69) is 48.5 Å². The minimum Gasteiger partial charge on any atom is -0.383 e. The van der Waals surface area contributed by atoms with E-state index in [0.29, 0.717) is 11.5 Å². The van der Waals surface area contributed by atoms with Crippen LogP contribution in [0.5, 0.6) is 0 Å². The molecular formula is C14H30BrNO. The fourth-order valence-electron chi connectivity index (χ4n) is 2.06. The summed E-state index contributed by atoms with van der Waals surface area (Å²) >= 11 is 3.70. The van der Waals surface area contributed by atoms with Gasteiger partial charge in [0.2, 0.25) is 0 Å². The van der Waals surface area contributed by atoms with Crippen molar-refractivity contribution < 1.29 is 4.74 Å². The van der Waals surface area contributed by atoms with Gasteiger partial charge in [0.05, 0.1) is 6.61 Å². The largest absolute Gasteiger partial charge is 0.383 e. The summed E-state index contributed by atoms with van der Waals surface area (Å²) in [5.41, 5.74) is 0.414. The summed E-state index contributed by atoms with van der Waals surface area (Å²) in [6.45, 7) is 12.2. The first-order valence-corrected chi connectivity index (χ1v) is 8.00. The quantitative estimate of drug-likeness (QED) is 0.567. The zero-order chi connectivity index (χ0) is 13.3. The maximum absolute atomic E-state index is 5.23. The molecule has 0 aromatic heterocycles. The number of nitrogens with zero attached hydrogens (tertiary/aromatic N) is 1. The Balaban J connectivity index is 4.57. The van der Waals surface area contributed by atoms with E-state index in [1.165, 1.54) is 25.8 Å². The molecule has 0 heterocycles. The molecule has 1 unspecified atom stereocenters. The lowest BCUT2D eigenvalue weighted by atomic mass is 9.83. The van der Waals surface area contributed by atoms with Crippen molar-refractivity contribution in [2.75, 3.05) is 32.1 Å². The van der Waals surface area contributed by atoms with Crippen LogP contribution in [0.3, 0.4) is 0 Å². The summed E-state index contributed by atoms with van der Waals surface area (Å²) in [6, 6.07) is 0.640. The first-order valence-electron chi connectivity index (χ1n) is 6.88. The van der Waals surface area contributed by atoms with E-state index in [0.717, 1.165) is 18.5 Å². The number of halogens is 1. The zero-order valence-electron chi connectivity index (χ0n) is 12.3. The maximum Gasteiger partial charge on any atom is 0.0589 e. The molecule has 104 valence electrons. The second-order valence-electron chi connectivity index (χ2n) is 5.06. The van der Waals surface area contributed by atoms with Crippen LogP contribution in [0, 0.1) is 5.41 Å². The first kappa shape index (κ1) is 17.4. The third-order valence-corrected chi connectivity index (χ3v) is 5.31. The fraction of sp³-hybridized carbons (Fsp3) is 1.00. The number of rotatable bonds is 10. The number of hydrogen-bond donors (Lipinski definition) is 0. The van der Waals surface area contributed by atoms with Crippen molar-refractivity contribution in [1.82, 2.24) is 4.90 Å². The molecule has 3 heteroatoms. The van der Waals surface area contributed by atoms with Crippen molar-refractivity contribution in [3.63, 3.8) is 0 Å². The van der Waals surface area contributed by atoms with Gasteiger partial charge in [-0.2, -0.15) is 0 Å². The summed E-state index contributed by atoms with van der Waals surface area (Å²) in [7, 11) is 1.78. The van der Waals surface area contributed by atoms with Gasteiger partial charge in [-0.05, 0) is 31.6 Å². The van der Waals surface area contributed by atoms with Crippen molar-refractivity contribution in [2.24, 2.45) is 5.41 Å². The highest BCUT2D eigenvalue weighted by atomic mass is 79.9. The molecule has 0 saturated carbocycles. The monoisotopic (exact) mass is 307 g/mol. The molecule has 0 amide bonds. The molecule has 0 saturated heterocycles. The van der Waals surface area contributed by atoms with Crippen LogP contribution >= 0.6 is 15.9 Å². The molecule has 0 bridgehead atoms. The number of ether oxygens (including phenoxy) is 1. The minimum absolute atomic E-state index is 0.414. The highest BCUT2D eigenvalue weighted by Crippen LogP contribution is 2.30. The molecule has 0 N–H and O–H groups in total. The smallest absolute Gasteiger partial charge is 0.0589 e. The van der Waals surface area contributed by atoms with Gasteiger partial charge in [0.15, 0.2) is 0 Å². The van der Waals surface area contributed by atoms with Crippen LogP contribution in [0.4, 0.5) is 0 Å². The van der Waals surface area contributed by atoms with E-state index in [9.17, 15) is 0 Å². The fourth-order valence-corrected chi connectivity index (χ4v) is 3.03. The zero-order valence-corrected chi connectivity index (χ0v) is 13.8. The van der Waals surface area contributed by atoms with Crippen molar-refractivity contribution in [1.29, 1.82) is 0 Å². The van der Waals surface area contributed by atoms with Gasteiger partial charge >= 0.3 is 0 Å². The second-order valence-corrected chi connectivity index (χ2v) is 5.62. The SMILES string of the molecule is CCC(C)N(CCOC)CC(CC)(CC)CBr. The Kier molecular flexibility index (Phi) is 9.57. The van der Waals surface area contributed by atoms with Crippen molar-refractivity contribution >= 4 is 15.9 Å². The number of methoxy groups -OCH3 is 1. The number of alkyl halides is 1. The Morgan fingerprint density at radius 1 is 1.24 bits per heavy atom. The maximum atomic E-state index is 5.23. The van der Waals surface area contributed by atoms with Crippen molar-refractivity contribution in [3.05, 3.63) is 0 Å². The van der Waals surface area contributed by atoms with Crippen LogP contribution in [0.1, 0.15) is 47.0 Å². The topological polar surface area (TPSA) is 12.5 Å². The molecule has 0 aromatic carbocycles. The predicted octanol–water partition coefficient (Wildman–Crippen LogP) is 3.93. The predicted molar refractivity (Wildman–Crippen MR) is 80.0 cm³/mol. The third-order valence-electron chi connectivity index (χ3n) is 4.12. The summed E-state index contributed by atoms with van der Waals surface area (Å²) in [5.74, 6) is 0. The summed E-state index contributed by atoms with van der Waals surface area (Å²) in [4.78, 5) is 2.58. The van der Waals surface area contributed by atoms with Crippen LogP contribution in [-0.4, -0.2) is 43.1 Å². The average molecular weight is 308 g/mol. The van der Waals surface area contributed by atoms with Gasteiger partial charge in [-0.1, -0.05) is 36.7 Å². The van der Waals surface area contributed by atoms with Gasteiger partial charge in [0.1, 0.15) is 0 Å². The van der Waals surface area contributed by atoms with Gasteiger partial charge in [-0.25, -0.2) is 0 Å². The lowest BCUT2D eigenvalue weighted by Gasteiger charge is -2.38. The van der Waals surface area contributed by atoms with E-state index in [-0.39, 0.29) is 0 Å². The average Bonchev–Trinajstić information content (AvgIpc) is 2.39. The molecule has 0 radical (unpaired) electrons. The van der Waals surface area contributed by atoms with Crippen molar-refractivity contribution in [2.45, 2.75) is 53.0 Å². The van der Waals surface area contributed by atoms with E-state index in [1.54, 1.807) is 7.11 Å². The Morgan fingerprint density at radius 3 is 2.18 bits per heavy atom. The summed E-state index contributed by atoms with van der Waals surface area (Å²) in [5, 5.41) is 1.09. The standard InChI is InChI=1S/C14H30BrNO/c1-6-13(4)16(9-10-17-5)12-14(7-2,8-3)11-15/h13H,6-12H2,1-5H3. The Hall–Kier alpha value is 0.400. The van der Waals surface area contributed by atoms with Crippen LogP contribution in [0.2, 0.25) is 0 Å². The van der Waals surface area contributed by atoms with E-state index >= 15 is 0 Å².